The minimum Gasteiger partial charge on any atom is -0.378 e. The van der Waals surface area contributed by atoms with Crippen molar-refractivity contribution in [2.45, 2.75) is 32.9 Å². The summed E-state index contributed by atoms with van der Waals surface area (Å²) in [5, 5.41) is 12.8. The second-order valence-corrected chi connectivity index (χ2v) is 9.31. The molecule has 3 aromatic rings. The zero-order valence-corrected chi connectivity index (χ0v) is 20.0. The lowest BCUT2D eigenvalue weighted by atomic mass is 10.0. The number of hydrogen-bond acceptors (Lipinski definition) is 6. The van der Waals surface area contributed by atoms with Crippen molar-refractivity contribution in [3.63, 3.8) is 0 Å². The number of benzene rings is 2. The van der Waals surface area contributed by atoms with Crippen molar-refractivity contribution in [2.75, 3.05) is 50.1 Å². The monoisotopic (exact) mass is 451 g/mol. The highest BCUT2D eigenvalue weighted by Crippen LogP contribution is 2.31. The fraction of sp³-hybridized carbons (Fsp3) is 0.480. The van der Waals surface area contributed by atoms with Crippen LogP contribution < -0.4 is 9.80 Å². The van der Waals surface area contributed by atoms with Crippen LogP contribution in [-0.4, -0.2) is 65.4 Å². The molecule has 4 rings (SSSR count). The molecule has 1 aliphatic rings. The van der Waals surface area contributed by atoms with Crippen molar-refractivity contribution >= 4 is 11.4 Å². The summed E-state index contributed by atoms with van der Waals surface area (Å²) < 4.78 is 16.3. The van der Waals surface area contributed by atoms with Crippen LogP contribution in [0.5, 0.6) is 0 Å². The van der Waals surface area contributed by atoms with Crippen molar-refractivity contribution < 1.29 is 4.39 Å². The third kappa shape index (κ3) is 5.33. The van der Waals surface area contributed by atoms with E-state index in [9.17, 15) is 4.39 Å². The number of hydrogen-bond donors (Lipinski definition) is 0. The van der Waals surface area contributed by atoms with E-state index in [2.05, 4.69) is 68.3 Å². The average Bonchev–Trinajstić information content (AvgIpc) is 3.27. The third-order valence-electron chi connectivity index (χ3n) is 6.32. The van der Waals surface area contributed by atoms with Crippen LogP contribution in [0.4, 0.5) is 15.8 Å². The van der Waals surface area contributed by atoms with Crippen LogP contribution in [-0.2, 0) is 6.54 Å². The summed E-state index contributed by atoms with van der Waals surface area (Å²) in [6, 6.07) is 15.6. The van der Waals surface area contributed by atoms with Gasteiger partial charge in [-0.25, -0.2) is 9.07 Å². The Labute approximate surface area is 195 Å². The first-order chi connectivity index (χ1) is 15.9. The van der Waals surface area contributed by atoms with Gasteiger partial charge in [0.1, 0.15) is 5.82 Å². The largest absolute Gasteiger partial charge is 0.378 e. The molecule has 0 radical (unpaired) electrons. The van der Waals surface area contributed by atoms with E-state index in [1.807, 2.05) is 30.9 Å². The van der Waals surface area contributed by atoms with E-state index < -0.39 is 0 Å². The fourth-order valence-corrected chi connectivity index (χ4v) is 4.35. The topological polar surface area (TPSA) is 53.3 Å². The molecule has 1 fully saturated rings. The van der Waals surface area contributed by atoms with Crippen LogP contribution in [0.3, 0.4) is 0 Å². The molecule has 33 heavy (non-hydrogen) atoms. The molecule has 0 bridgehead atoms. The molecule has 0 aliphatic carbocycles. The van der Waals surface area contributed by atoms with Gasteiger partial charge in [0.2, 0.25) is 0 Å². The lowest BCUT2D eigenvalue weighted by Gasteiger charge is -2.40. The van der Waals surface area contributed by atoms with Gasteiger partial charge in [-0.05, 0) is 52.6 Å². The van der Waals surface area contributed by atoms with E-state index in [4.69, 9.17) is 0 Å². The van der Waals surface area contributed by atoms with E-state index in [-0.39, 0.29) is 11.9 Å². The highest BCUT2D eigenvalue weighted by Gasteiger charge is 2.31. The van der Waals surface area contributed by atoms with Crippen LogP contribution in [0.1, 0.15) is 37.7 Å². The summed E-state index contributed by atoms with van der Waals surface area (Å²) in [5.41, 5.74) is 2.99. The Kier molecular flexibility index (Phi) is 7.23. The van der Waals surface area contributed by atoms with Gasteiger partial charge in [0.25, 0.3) is 0 Å². The Morgan fingerprint density at radius 2 is 1.67 bits per heavy atom. The molecule has 1 aliphatic heterocycles. The van der Waals surface area contributed by atoms with Crippen molar-refractivity contribution in [3.8, 4) is 0 Å². The Balaban J connectivity index is 1.60. The Bertz CT molecular complexity index is 1020. The number of aromatic nitrogens is 4. The van der Waals surface area contributed by atoms with Crippen molar-refractivity contribution in [3.05, 3.63) is 65.7 Å². The quantitative estimate of drug-likeness (QED) is 0.519. The highest BCUT2D eigenvalue weighted by molar-refractivity contribution is 5.49. The van der Waals surface area contributed by atoms with Gasteiger partial charge in [-0.2, -0.15) is 0 Å². The second kappa shape index (κ2) is 10.3. The number of para-hydroxylation sites is 1. The Hall–Kier alpha value is -3.00. The average molecular weight is 452 g/mol. The number of piperazine rings is 1. The van der Waals surface area contributed by atoms with Crippen LogP contribution in [0.15, 0.2) is 48.5 Å². The molecule has 2 heterocycles. The molecule has 7 nitrogen and oxygen atoms in total. The number of nitrogens with zero attached hydrogens (tertiary/aromatic N) is 7. The SMILES string of the molecule is CC(C)CCn1nnnc1[C@H](c1ccc(N(C)C)cc1)N1CCN(c2ccccc2F)CC1. The van der Waals surface area contributed by atoms with Gasteiger partial charge in [-0.1, -0.05) is 38.1 Å². The van der Waals surface area contributed by atoms with Gasteiger partial charge >= 0.3 is 0 Å². The molecule has 8 heteroatoms. The maximum absolute atomic E-state index is 14.3. The smallest absolute Gasteiger partial charge is 0.173 e. The van der Waals surface area contributed by atoms with Crippen LogP contribution in [0.2, 0.25) is 0 Å². The molecule has 1 atom stereocenters. The molecule has 0 spiro atoms. The number of anilines is 2. The van der Waals surface area contributed by atoms with Gasteiger partial charge in [0.15, 0.2) is 5.82 Å². The van der Waals surface area contributed by atoms with Crippen LogP contribution in [0, 0.1) is 11.7 Å². The first-order valence-corrected chi connectivity index (χ1v) is 11.7. The normalized spacial score (nSPS) is 15.8. The molecule has 1 aromatic heterocycles. The van der Waals surface area contributed by atoms with Crippen LogP contribution >= 0.6 is 0 Å². The predicted molar refractivity (Wildman–Crippen MR) is 130 cm³/mol. The van der Waals surface area contributed by atoms with Gasteiger partial charge in [0.05, 0.1) is 11.7 Å². The third-order valence-corrected chi connectivity index (χ3v) is 6.32. The molecular weight excluding hydrogens is 417 g/mol. The molecule has 0 N–H and O–H groups in total. The summed E-state index contributed by atoms with van der Waals surface area (Å²) in [4.78, 5) is 6.64. The summed E-state index contributed by atoms with van der Waals surface area (Å²) in [5.74, 6) is 1.27. The fourth-order valence-electron chi connectivity index (χ4n) is 4.35. The molecule has 0 saturated carbocycles. The minimum absolute atomic E-state index is 0.0499. The van der Waals surface area contributed by atoms with Gasteiger partial charge in [-0.3, -0.25) is 4.90 Å². The summed E-state index contributed by atoms with van der Waals surface area (Å²) in [6.07, 6.45) is 1.02. The van der Waals surface area contributed by atoms with E-state index in [0.29, 0.717) is 11.6 Å². The van der Waals surface area contributed by atoms with Crippen molar-refractivity contribution in [1.29, 1.82) is 0 Å². The number of aryl methyl sites for hydroxylation is 1. The van der Waals surface area contributed by atoms with Gasteiger partial charge in [0, 0.05) is 52.5 Å². The molecule has 0 amide bonds. The summed E-state index contributed by atoms with van der Waals surface area (Å²) in [7, 11) is 4.09. The Morgan fingerprint density at radius 1 is 0.970 bits per heavy atom. The molecule has 0 unspecified atom stereocenters. The van der Waals surface area contributed by atoms with E-state index >= 15 is 0 Å². The lowest BCUT2D eigenvalue weighted by molar-refractivity contribution is 0.199. The predicted octanol–water partition coefficient (Wildman–Crippen LogP) is 3.84. The first kappa shape index (κ1) is 23.2. The highest BCUT2D eigenvalue weighted by atomic mass is 19.1. The summed E-state index contributed by atoms with van der Waals surface area (Å²) >= 11 is 0. The number of rotatable bonds is 8. The van der Waals surface area contributed by atoms with Crippen molar-refractivity contribution in [1.82, 2.24) is 25.1 Å². The zero-order chi connectivity index (χ0) is 23.4. The second-order valence-electron chi connectivity index (χ2n) is 9.31. The van der Waals surface area contributed by atoms with Crippen molar-refractivity contribution in [2.24, 2.45) is 5.92 Å². The van der Waals surface area contributed by atoms with E-state index in [0.717, 1.165) is 50.7 Å². The molecular formula is C25H34FN7. The minimum atomic E-state index is -0.167. The number of tetrazole rings is 1. The van der Waals surface area contributed by atoms with Gasteiger partial charge in [-0.15, -0.1) is 5.10 Å². The number of halogens is 1. The molecule has 176 valence electrons. The molecule has 2 aromatic carbocycles. The maximum Gasteiger partial charge on any atom is 0.173 e. The Morgan fingerprint density at radius 3 is 2.30 bits per heavy atom. The van der Waals surface area contributed by atoms with Crippen LogP contribution in [0.25, 0.3) is 0 Å². The van der Waals surface area contributed by atoms with E-state index in [1.54, 1.807) is 6.07 Å². The maximum atomic E-state index is 14.3. The summed E-state index contributed by atoms with van der Waals surface area (Å²) in [6.45, 7) is 8.31. The lowest BCUT2D eigenvalue weighted by Crippen LogP contribution is -2.48. The zero-order valence-electron chi connectivity index (χ0n) is 20.0. The first-order valence-electron chi connectivity index (χ1n) is 11.7. The van der Waals surface area contributed by atoms with Gasteiger partial charge < -0.3 is 9.80 Å². The van der Waals surface area contributed by atoms with E-state index in [1.165, 1.54) is 11.6 Å². The standard InChI is InChI=1S/C25H34FN7/c1-19(2)13-14-33-25(27-28-29-33)24(20-9-11-21(12-10-20)30(3)4)32-17-15-31(16-18-32)23-8-6-5-7-22(23)26/h5-12,19,24H,13-18H2,1-4H3/t24-/m0/s1. The molecule has 1 saturated heterocycles.